The maximum Gasteiger partial charge on any atom is 0.137 e. The van der Waals surface area contributed by atoms with Gasteiger partial charge in [-0.25, -0.2) is 0 Å². The van der Waals surface area contributed by atoms with Gasteiger partial charge in [0.2, 0.25) is 0 Å². The van der Waals surface area contributed by atoms with Crippen molar-refractivity contribution < 1.29 is 9.47 Å². The number of nitrogens with zero attached hydrogens (tertiary/aromatic N) is 1. The summed E-state index contributed by atoms with van der Waals surface area (Å²) in [6.45, 7) is 4.37. The number of anilines is 3. The zero-order chi connectivity index (χ0) is 30.5. The number of hydrogen-bond acceptors (Lipinski definition) is 3. The lowest BCUT2D eigenvalue weighted by Crippen LogP contribution is -2.23. The Balaban J connectivity index is 1.15. The quantitative estimate of drug-likeness (QED) is 0.203. The number of rotatable bonds is 3. The van der Waals surface area contributed by atoms with Gasteiger partial charge in [-0.1, -0.05) is 78.4 Å². The van der Waals surface area contributed by atoms with Crippen molar-refractivity contribution in [2.24, 2.45) is 0 Å². The molecule has 0 aromatic heterocycles. The van der Waals surface area contributed by atoms with Crippen molar-refractivity contribution in [2.75, 3.05) is 4.90 Å². The second-order valence-corrected chi connectivity index (χ2v) is 12.9. The minimum Gasteiger partial charge on any atom is -0.485 e. The van der Waals surface area contributed by atoms with E-state index in [1.165, 1.54) is 61.5 Å². The molecule has 0 bridgehead atoms. The number of benzene rings is 6. The molecule has 0 saturated carbocycles. The lowest BCUT2D eigenvalue weighted by Gasteiger charge is -2.33. The molecule has 2 aliphatic heterocycles. The predicted octanol–water partition coefficient (Wildman–Crippen LogP) is 11.4. The number of ether oxygens (including phenoxy) is 2. The van der Waals surface area contributed by atoms with E-state index in [0.29, 0.717) is 0 Å². The molecule has 0 fully saturated rings. The van der Waals surface area contributed by atoms with Gasteiger partial charge in [-0.05, 0) is 95.3 Å². The molecule has 2 heterocycles. The first kappa shape index (κ1) is 25.8. The molecular formula is C43H31NO2. The van der Waals surface area contributed by atoms with Gasteiger partial charge in [-0.2, -0.15) is 0 Å². The van der Waals surface area contributed by atoms with E-state index in [4.69, 9.17) is 9.47 Å². The van der Waals surface area contributed by atoms with Gasteiger partial charge in [0.05, 0.1) is 5.69 Å². The van der Waals surface area contributed by atoms with E-state index >= 15 is 0 Å². The van der Waals surface area contributed by atoms with Crippen LogP contribution in [-0.2, 0) is 6.42 Å². The van der Waals surface area contributed by atoms with Crippen LogP contribution in [0.25, 0.3) is 38.6 Å². The molecule has 0 saturated heterocycles. The van der Waals surface area contributed by atoms with Crippen molar-refractivity contribution in [3.63, 3.8) is 0 Å². The van der Waals surface area contributed by atoms with Gasteiger partial charge in [0, 0.05) is 52.2 Å². The maximum atomic E-state index is 6.80. The summed E-state index contributed by atoms with van der Waals surface area (Å²) >= 11 is 0. The Morgan fingerprint density at radius 3 is 2.41 bits per heavy atom. The van der Waals surface area contributed by atoms with Crippen LogP contribution in [0.3, 0.4) is 0 Å². The van der Waals surface area contributed by atoms with Crippen LogP contribution in [0.4, 0.5) is 17.1 Å². The molecule has 1 atom stereocenters. The van der Waals surface area contributed by atoms with E-state index in [1.54, 1.807) is 0 Å². The molecule has 3 heteroatoms. The average Bonchev–Trinajstić information content (AvgIpc) is 3.47. The van der Waals surface area contributed by atoms with Crippen LogP contribution in [-0.4, -0.2) is 6.10 Å². The third-order valence-electron chi connectivity index (χ3n) is 10.2. The predicted molar refractivity (Wildman–Crippen MR) is 188 cm³/mol. The normalized spacial score (nSPS) is 16.0. The number of hydrogen-bond donors (Lipinski definition) is 0. The molecule has 0 N–H and O–H groups in total. The first-order chi connectivity index (χ1) is 22.6. The summed E-state index contributed by atoms with van der Waals surface area (Å²) in [6.07, 6.45) is 8.41. The van der Waals surface area contributed by atoms with Gasteiger partial charge in [0.1, 0.15) is 23.4 Å². The Labute approximate surface area is 268 Å². The summed E-state index contributed by atoms with van der Waals surface area (Å²) in [5.74, 6) is 2.69. The molecule has 6 aromatic rings. The standard InChI is InChI=1S/C43H31NO2/c1-25-14-19-36(26(2)22-25)44(37-12-7-11-30-29-9-4-3-8-27(29)23-35(30)37)28-15-16-32-34-18-20-39-42-33(31-10-5-6-13-38(31)45-39)17-21-40(43(34)42)46-41(32)24-28/h3-12,14-22,24,38H,13,23H2,1-2H3. The van der Waals surface area contributed by atoms with Gasteiger partial charge >= 0.3 is 0 Å². The minimum absolute atomic E-state index is 0.0690. The molecule has 0 spiro atoms. The highest BCUT2D eigenvalue weighted by atomic mass is 16.5. The van der Waals surface area contributed by atoms with E-state index in [9.17, 15) is 0 Å². The van der Waals surface area contributed by atoms with Gasteiger partial charge in [0.15, 0.2) is 0 Å². The van der Waals surface area contributed by atoms with E-state index < -0.39 is 0 Å². The Hall–Kier alpha value is -5.54. The summed E-state index contributed by atoms with van der Waals surface area (Å²) in [7, 11) is 0. The third kappa shape index (κ3) is 3.60. The zero-order valence-electron chi connectivity index (χ0n) is 25.8. The second kappa shape index (κ2) is 9.48. The largest absolute Gasteiger partial charge is 0.485 e. The molecule has 10 rings (SSSR count). The van der Waals surface area contributed by atoms with Crippen LogP contribution in [0.2, 0.25) is 0 Å². The molecule has 6 aromatic carbocycles. The summed E-state index contributed by atoms with van der Waals surface area (Å²) in [4.78, 5) is 2.43. The fourth-order valence-corrected chi connectivity index (χ4v) is 8.11. The first-order valence-electron chi connectivity index (χ1n) is 16.2. The molecule has 1 unspecified atom stereocenters. The number of allylic oxidation sites excluding steroid dienone is 2. The second-order valence-electron chi connectivity index (χ2n) is 12.9. The van der Waals surface area contributed by atoms with Crippen molar-refractivity contribution in [1.29, 1.82) is 0 Å². The Kier molecular flexibility index (Phi) is 5.31. The first-order valence-corrected chi connectivity index (χ1v) is 16.2. The highest BCUT2D eigenvalue weighted by molar-refractivity contribution is 6.12. The van der Waals surface area contributed by atoms with E-state index in [2.05, 4.69) is 140 Å². The van der Waals surface area contributed by atoms with Gasteiger partial charge in [0.25, 0.3) is 0 Å². The highest BCUT2D eigenvalue weighted by Crippen LogP contribution is 2.54. The highest BCUT2D eigenvalue weighted by Gasteiger charge is 2.32. The van der Waals surface area contributed by atoms with Crippen LogP contribution in [0.15, 0.2) is 121 Å². The van der Waals surface area contributed by atoms with Crippen LogP contribution >= 0.6 is 0 Å². The molecule has 0 radical (unpaired) electrons. The van der Waals surface area contributed by atoms with Gasteiger partial charge in [-0.3, -0.25) is 0 Å². The average molecular weight is 594 g/mol. The molecule has 0 amide bonds. The lowest BCUT2D eigenvalue weighted by atomic mass is 9.85. The van der Waals surface area contributed by atoms with Crippen molar-refractivity contribution in [3.8, 4) is 39.5 Å². The molecule has 4 aliphatic rings. The van der Waals surface area contributed by atoms with Crippen molar-refractivity contribution in [3.05, 3.63) is 149 Å². The Morgan fingerprint density at radius 2 is 1.48 bits per heavy atom. The maximum absolute atomic E-state index is 6.80. The summed E-state index contributed by atoms with van der Waals surface area (Å²) in [6, 6.07) is 37.7. The van der Waals surface area contributed by atoms with Crippen molar-refractivity contribution >= 4 is 33.4 Å². The SMILES string of the molecule is Cc1ccc(N(c2ccc3c(c2)Oc2ccc4c5c(ccc-3c25)OC2CC=CC=C42)c2cccc3c2Cc2ccccc2-3)c(C)c1. The topological polar surface area (TPSA) is 21.7 Å². The zero-order valence-corrected chi connectivity index (χ0v) is 25.8. The molecule has 3 nitrogen and oxygen atoms in total. The van der Waals surface area contributed by atoms with Gasteiger partial charge in [-0.15, -0.1) is 0 Å². The molecule has 220 valence electrons. The summed E-state index contributed by atoms with van der Waals surface area (Å²) in [5.41, 5.74) is 16.1. The fraction of sp³-hybridized carbons (Fsp3) is 0.116. The van der Waals surface area contributed by atoms with Crippen LogP contribution in [0.1, 0.15) is 34.2 Å². The summed E-state index contributed by atoms with van der Waals surface area (Å²) in [5, 5.41) is 2.29. The van der Waals surface area contributed by atoms with E-state index in [1.807, 2.05) is 0 Å². The third-order valence-corrected chi connectivity index (χ3v) is 10.2. The van der Waals surface area contributed by atoms with Crippen molar-refractivity contribution in [1.82, 2.24) is 0 Å². The van der Waals surface area contributed by atoms with E-state index in [-0.39, 0.29) is 6.10 Å². The lowest BCUT2D eigenvalue weighted by molar-refractivity contribution is 0.260. The fourth-order valence-electron chi connectivity index (χ4n) is 8.11. The van der Waals surface area contributed by atoms with Crippen molar-refractivity contribution in [2.45, 2.75) is 32.8 Å². The van der Waals surface area contributed by atoms with Crippen LogP contribution < -0.4 is 14.4 Å². The summed E-state index contributed by atoms with van der Waals surface area (Å²) < 4.78 is 13.3. The molecule has 46 heavy (non-hydrogen) atoms. The Morgan fingerprint density at radius 1 is 0.652 bits per heavy atom. The van der Waals surface area contributed by atoms with Gasteiger partial charge < -0.3 is 14.4 Å². The van der Waals surface area contributed by atoms with Crippen LogP contribution in [0.5, 0.6) is 17.2 Å². The Bertz CT molecular complexity index is 2360. The number of fused-ring (bicyclic) bond motifs is 7. The monoisotopic (exact) mass is 593 g/mol. The molecule has 2 aliphatic carbocycles. The molecular weight excluding hydrogens is 562 g/mol. The van der Waals surface area contributed by atoms with E-state index in [0.717, 1.165) is 52.1 Å². The van der Waals surface area contributed by atoms with Crippen LogP contribution in [0, 0.1) is 13.8 Å². The minimum atomic E-state index is 0.0690. The smallest absolute Gasteiger partial charge is 0.137 e. The number of aryl methyl sites for hydroxylation is 2.